The van der Waals surface area contributed by atoms with E-state index in [1.807, 2.05) is 6.92 Å². The molecule has 0 amide bonds. The minimum Gasteiger partial charge on any atom is -0.459 e. The lowest BCUT2D eigenvalue weighted by Gasteiger charge is -2.33. The van der Waals surface area contributed by atoms with Crippen molar-refractivity contribution in [3.8, 4) is 0 Å². The summed E-state index contributed by atoms with van der Waals surface area (Å²) in [4.78, 5) is 23.5. The number of ether oxygens (including phenoxy) is 1. The summed E-state index contributed by atoms with van der Waals surface area (Å²) in [5.74, 6) is -0.917. The first kappa shape index (κ1) is 12.3. The molecular formula is C12H16O5. The second kappa shape index (κ2) is 4.58. The lowest BCUT2D eigenvalue weighted by molar-refractivity contribution is -0.151. The second-order valence-corrected chi connectivity index (χ2v) is 4.55. The van der Waals surface area contributed by atoms with Gasteiger partial charge in [0.15, 0.2) is 5.78 Å². The minimum atomic E-state index is -1.29. The Hall–Kier alpha value is -1.20. The quantitative estimate of drug-likeness (QED) is 0.668. The van der Waals surface area contributed by atoms with Crippen LogP contribution in [0.15, 0.2) is 11.1 Å². The summed E-state index contributed by atoms with van der Waals surface area (Å²) in [6.07, 6.45) is -0.968. The van der Waals surface area contributed by atoms with E-state index in [1.54, 1.807) is 0 Å². The largest absolute Gasteiger partial charge is 0.459 e. The van der Waals surface area contributed by atoms with Gasteiger partial charge in [0.1, 0.15) is 12.2 Å². The Balaban J connectivity index is 2.32. The molecule has 0 aromatic rings. The van der Waals surface area contributed by atoms with Crippen LogP contribution in [0.1, 0.15) is 32.6 Å². The molecule has 0 spiro atoms. The highest BCUT2D eigenvalue weighted by atomic mass is 16.5. The van der Waals surface area contributed by atoms with Gasteiger partial charge in [0, 0.05) is 18.4 Å². The van der Waals surface area contributed by atoms with Crippen molar-refractivity contribution >= 4 is 11.8 Å². The molecule has 0 aromatic heterocycles. The number of carbonyl (C=O) groups is 2. The number of rotatable bonds is 2. The summed E-state index contributed by atoms with van der Waals surface area (Å²) in [6.45, 7) is 1.97. The van der Waals surface area contributed by atoms with Crippen LogP contribution < -0.4 is 0 Å². The smallest absolute Gasteiger partial charge is 0.337 e. The van der Waals surface area contributed by atoms with Gasteiger partial charge in [0.05, 0.1) is 11.7 Å². The molecule has 2 aliphatic rings. The zero-order valence-electron chi connectivity index (χ0n) is 9.68. The van der Waals surface area contributed by atoms with Gasteiger partial charge < -0.3 is 14.9 Å². The molecule has 5 nitrogen and oxygen atoms in total. The molecule has 1 heterocycles. The Bertz CT molecular complexity index is 384. The van der Waals surface area contributed by atoms with Crippen molar-refractivity contribution in [2.45, 2.75) is 50.9 Å². The maximum absolute atomic E-state index is 11.7. The monoisotopic (exact) mass is 240 g/mol. The molecule has 0 unspecified atom stereocenters. The molecule has 17 heavy (non-hydrogen) atoms. The van der Waals surface area contributed by atoms with E-state index in [0.717, 1.165) is 6.42 Å². The molecule has 0 bridgehead atoms. The van der Waals surface area contributed by atoms with Gasteiger partial charge >= 0.3 is 5.97 Å². The Kier molecular flexibility index (Phi) is 3.31. The van der Waals surface area contributed by atoms with Crippen LogP contribution in [0.5, 0.6) is 0 Å². The summed E-state index contributed by atoms with van der Waals surface area (Å²) >= 11 is 0. The van der Waals surface area contributed by atoms with Crippen LogP contribution in [0.2, 0.25) is 0 Å². The van der Waals surface area contributed by atoms with Gasteiger partial charge in [0.25, 0.3) is 0 Å². The predicted octanol–water partition coefficient (Wildman–Crippen LogP) is 0.0932. The molecule has 3 atom stereocenters. The highest BCUT2D eigenvalue weighted by Crippen LogP contribution is 2.32. The SMILES string of the molecule is CCC[C@H]1CC2=C(C(=O)O1)[C@@H](O)[C@H](O)CC2=O. The van der Waals surface area contributed by atoms with E-state index in [9.17, 15) is 19.8 Å². The van der Waals surface area contributed by atoms with Gasteiger partial charge in [-0.3, -0.25) is 4.79 Å². The summed E-state index contributed by atoms with van der Waals surface area (Å²) in [6, 6.07) is 0. The zero-order chi connectivity index (χ0) is 12.6. The van der Waals surface area contributed by atoms with Crippen molar-refractivity contribution in [2.75, 3.05) is 0 Å². The van der Waals surface area contributed by atoms with E-state index < -0.39 is 18.2 Å². The predicted molar refractivity (Wildman–Crippen MR) is 58.1 cm³/mol. The van der Waals surface area contributed by atoms with E-state index >= 15 is 0 Å². The molecule has 2 N–H and O–H groups in total. The number of cyclic esters (lactones) is 1. The third-order valence-corrected chi connectivity index (χ3v) is 3.25. The third kappa shape index (κ3) is 2.12. The van der Waals surface area contributed by atoms with Crippen LogP contribution in [0.4, 0.5) is 0 Å². The van der Waals surface area contributed by atoms with E-state index in [-0.39, 0.29) is 23.9 Å². The lowest BCUT2D eigenvalue weighted by Crippen LogP contribution is -2.44. The standard InChI is InChI=1S/C12H16O5/c1-2-3-6-4-7-8(13)5-9(14)11(15)10(7)12(16)17-6/h6,9,11,14-15H,2-5H2,1H3/t6-,9+,11-/m0/s1. The molecule has 0 fully saturated rings. The number of hydrogen-bond acceptors (Lipinski definition) is 5. The van der Waals surface area contributed by atoms with Crippen LogP contribution in [-0.2, 0) is 14.3 Å². The van der Waals surface area contributed by atoms with Crippen molar-refractivity contribution < 1.29 is 24.5 Å². The number of Topliss-reactive ketones (excluding diaryl/α,β-unsaturated/α-hetero) is 1. The third-order valence-electron chi connectivity index (χ3n) is 3.25. The van der Waals surface area contributed by atoms with Crippen LogP contribution in [0.25, 0.3) is 0 Å². The first-order valence-electron chi connectivity index (χ1n) is 5.88. The maximum Gasteiger partial charge on any atom is 0.337 e. The number of hydrogen-bond donors (Lipinski definition) is 2. The lowest BCUT2D eigenvalue weighted by atomic mass is 9.82. The first-order chi connectivity index (χ1) is 8.04. The van der Waals surface area contributed by atoms with Crippen molar-refractivity contribution in [1.29, 1.82) is 0 Å². The molecular weight excluding hydrogens is 224 g/mol. The average molecular weight is 240 g/mol. The van der Waals surface area contributed by atoms with Gasteiger partial charge in [-0.2, -0.15) is 0 Å². The van der Waals surface area contributed by atoms with Crippen molar-refractivity contribution in [3.05, 3.63) is 11.1 Å². The van der Waals surface area contributed by atoms with Crippen LogP contribution >= 0.6 is 0 Å². The van der Waals surface area contributed by atoms with Gasteiger partial charge in [-0.1, -0.05) is 13.3 Å². The molecule has 0 radical (unpaired) electrons. The van der Waals surface area contributed by atoms with Crippen molar-refractivity contribution in [1.82, 2.24) is 0 Å². The second-order valence-electron chi connectivity index (χ2n) is 4.55. The van der Waals surface area contributed by atoms with Crippen LogP contribution in [-0.4, -0.2) is 40.3 Å². The summed E-state index contributed by atoms with van der Waals surface area (Å²) < 4.78 is 5.14. The highest BCUT2D eigenvalue weighted by Gasteiger charge is 2.42. The minimum absolute atomic E-state index is 0.0406. The summed E-state index contributed by atoms with van der Waals surface area (Å²) in [5, 5.41) is 19.2. The van der Waals surface area contributed by atoms with E-state index in [0.29, 0.717) is 18.4 Å². The molecule has 94 valence electrons. The highest BCUT2D eigenvalue weighted by molar-refractivity contribution is 6.07. The van der Waals surface area contributed by atoms with E-state index in [1.165, 1.54) is 0 Å². The van der Waals surface area contributed by atoms with Crippen molar-refractivity contribution in [2.24, 2.45) is 0 Å². The van der Waals surface area contributed by atoms with Gasteiger partial charge in [-0.15, -0.1) is 0 Å². The number of ketones is 1. The molecule has 0 aromatic carbocycles. The summed E-state index contributed by atoms with van der Waals surface area (Å²) in [5.41, 5.74) is 0.304. The van der Waals surface area contributed by atoms with Crippen molar-refractivity contribution in [3.63, 3.8) is 0 Å². The van der Waals surface area contributed by atoms with Gasteiger partial charge in [0.2, 0.25) is 0 Å². The van der Waals surface area contributed by atoms with Crippen LogP contribution in [0.3, 0.4) is 0 Å². The van der Waals surface area contributed by atoms with Gasteiger partial charge in [-0.25, -0.2) is 4.79 Å². The summed E-state index contributed by atoms with van der Waals surface area (Å²) in [7, 11) is 0. The number of esters is 1. The zero-order valence-corrected chi connectivity index (χ0v) is 9.68. The fourth-order valence-electron chi connectivity index (χ4n) is 2.38. The Morgan fingerprint density at radius 3 is 2.65 bits per heavy atom. The fraction of sp³-hybridized carbons (Fsp3) is 0.667. The maximum atomic E-state index is 11.7. The molecule has 2 rings (SSSR count). The number of aliphatic hydroxyl groups excluding tert-OH is 2. The molecule has 1 aliphatic carbocycles. The average Bonchev–Trinajstić information content (AvgIpc) is 2.26. The molecule has 1 aliphatic heterocycles. The Labute approximate surface area is 99.1 Å². The Morgan fingerprint density at radius 1 is 1.29 bits per heavy atom. The molecule has 0 saturated carbocycles. The Morgan fingerprint density at radius 2 is 2.00 bits per heavy atom. The normalized spacial score (nSPS) is 33.5. The van der Waals surface area contributed by atoms with E-state index in [2.05, 4.69) is 0 Å². The topological polar surface area (TPSA) is 83.8 Å². The molecule has 5 heteroatoms. The van der Waals surface area contributed by atoms with E-state index in [4.69, 9.17) is 4.74 Å². The number of aliphatic hydroxyl groups is 2. The van der Waals surface area contributed by atoms with Gasteiger partial charge in [-0.05, 0) is 6.42 Å². The first-order valence-corrected chi connectivity index (χ1v) is 5.88. The molecule has 0 saturated heterocycles. The van der Waals surface area contributed by atoms with Crippen LogP contribution in [0, 0.1) is 0 Å². The fourth-order valence-corrected chi connectivity index (χ4v) is 2.38. The number of carbonyl (C=O) groups excluding carboxylic acids is 2.